The molecule has 0 atom stereocenters. The molecule has 1 heterocycles. The molecule has 1 saturated carbocycles. The maximum absolute atomic E-state index is 12.9. The van der Waals surface area contributed by atoms with E-state index in [1.807, 2.05) is 35.2 Å². The van der Waals surface area contributed by atoms with Gasteiger partial charge in [-0.1, -0.05) is 49.6 Å². The third kappa shape index (κ3) is 4.82. The standard InChI is InChI=1S/C19H28N2O3S/c22-19(12-14-20-13-7-15-25(20,23)24)21(18-10-5-2-6-11-18)16-17-8-3-1-4-9-17/h1,3-4,8-9,18H,2,5-7,10-16H2. The van der Waals surface area contributed by atoms with Gasteiger partial charge in [0.05, 0.1) is 5.75 Å². The Morgan fingerprint density at radius 1 is 1.08 bits per heavy atom. The predicted octanol–water partition coefficient (Wildman–Crippen LogP) is 2.77. The molecule has 3 rings (SSSR count). The molecule has 1 aromatic rings. The lowest BCUT2D eigenvalue weighted by molar-refractivity contribution is -0.135. The van der Waals surface area contributed by atoms with Crippen LogP contribution in [0.2, 0.25) is 0 Å². The van der Waals surface area contributed by atoms with Gasteiger partial charge in [0, 0.05) is 32.1 Å². The van der Waals surface area contributed by atoms with Crippen LogP contribution in [0.15, 0.2) is 30.3 Å². The minimum Gasteiger partial charge on any atom is -0.335 e. The molecule has 2 fully saturated rings. The van der Waals surface area contributed by atoms with Crippen molar-refractivity contribution < 1.29 is 13.2 Å². The Labute approximate surface area is 151 Å². The highest BCUT2D eigenvalue weighted by molar-refractivity contribution is 7.89. The second-order valence-electron chi connectivity index (χ2n) is 7.12. The number of carbonyl (C=O) groups is 1. The molecule has 1 aliphatic heterocycles. The summed E-state index contributed by atoms with van der Waals surface area (Å²) in [4.78, 5) is 14.9. The zero-order chi connectivity index (χ0) is 17.7. The van der Waals surface area contributed by atoms with Gasteiger partial charge in [-0.15, -0.1) is 0 Å². The highest BCUT2D eigenvalue weighted by Crippen LogP contribution is 2.25. The second kappa shape index (κ2) is 8.32. The van der Waals surface area contributed by atoms with Crippen molar-refractivity contribution in [2.24, 2.45) is 0 Å². The average Bonchev–Trinajstić information content (AvgIpc) is 2.97. The van der Waals surface area contributed by atoms with Crippen molar-refractivity contribution in [3.05, 3.63) is 35.9 Å². The Hall–Kier alpha value is -1.40. The molecule has 0 aromatic heterocycles. The van der Waals surface area contributed by atoms with E-state index in [9.17, 15) is 13.2 Å². The summed E-state index contributed by atoms with van der Waals surface area (Å²) in [6.45, 7) is 1.49. The summed E-state index contributed by atoms with van der Waals surface area (Å²) in [7, 11) is -3.13. The van der Waals surface area contributed by atoms with E-state index in [0.29, 0.717) is 26.1 Å². The van der Waals surface area contributed by atoms with Crippen molar-refractivity contribution in [3.8, 4) is 0 Å². The van der Waals surface area contributed by atoms with Gasteiger partial charge in [-0.05, 0) is 24.8 Å². The average molecular weight is 365 g/mol. The summed E-state index contributed by atoms with van der Waals surface area (Å²) in [6, 6.07) is 10.4. The molecule has 0 spiro atoms. The quantitative estimate of drug-likeness (QED) is 0.780. The van der Waals surface area contributed by atoms with Crippen LogP contribution >= 0.6 is 0 Å². The van der Waals surface area contributed by atoms with Gasteiger partial charge in [-0.3, -0.25) is 4.79 Å². The Bertz CT molecular complexity index is 669. The predicted molar refractivity (Wildman–Crippen MR) is 98.5 cm³/mol. The first kappa shape index (κ1) is 18.4. The van der Waals surface area contributed by atoms with E-state index < -0.39 is 10.0 Å². The number of benzene rings is 1. The third-order valence-corrected chi connectivity index (χ3v) is 7.27. The lowest BCUT2D eigenvalue weighted by atomic mass is 9.93. The minimum absolute atomic E-state index is 0.0813. The monoisotopic (exact) mass is 364 g/mol. The number of amides is 1. The number of sulfonamides is 1. The van der Waals surface area contributed by atoms with Gasteiger partial charge in [0.15, 0.2) is 0 Å². The van der Waals surface area contributed by atoms with Crippen molar-refractivity contribution >= 4 is 15.9 Å². The Morgan fingerprint density at radius 3 is 2.44 bits per heavy atom. The van der Waals surface area contributed by atoms with E-state index in [1.54, 1.807) is 0 Å². The molecule has 0 radical (unpaired) electrons. The van der Waals surface area contributed by atoms with Crippen LogP contribution in [-0.4, -0.2) is 48.4 Å². The highest BCUT2D eigenvalue weighted by atomic mass is 32.2. The summed E-state index contributed by atoms with van der Waals surface area (Å²) in [5.41, 5.74) is 1.13. The normalized spacial score (nSPS) is 21.3. The number of carbonyl (C=O) groups excluding carboxylic acids is 1. The molecule has 0 unspecified atom stereocenters. The van der Waals surface area contributed by atoms with Gasteiger partial charge in [0.2, 0.25) is 15.9 Å². The summed E-state index contributed by atoms with van der Waals surface area (Å²) in [5, 5.41) is 0. The molecule has 1 saturated heterocycles. The van der Waals surface area contributed by atoms with Crippen LogP contribution < -0.4 is 0 Å². The van der Waals surface area contributed by atoms with E-state index in [2.05, 4.69) is 0 Å². The molecule has 25 heavy (non-hydrogen) atoms. The number of rotatable bonds is 6. The van der Waals surface area contributed by atoms with Crippen molar-refractivity contribution in [1.29, 1.82) is 0 Å². The van der Waals surface area contributed by atoms with Crippen LogP contribution in [-0.2, 0) is 21.4 Å². The van der Waals surface area contributed by atoms with Crippen LogP contribution in [0.25, 0.3) is 0 Å². The summed E-state index contributed by atoms with van der Waals surface area (Å²) < 4.78 is 25.4. The van der Waals surface area contributed by atoms with E-state index in [-0.39, 0.29) is 24.1 Å². The molecule has 1 aromatic carbocycles. The fourth-order valence-corrected chi connectivity index (χ4v) is 5.43. The minimum atomic E-state index is -3.13. The third-order valence-electron chi connectivity index (χ3n) is 5.31. The molecule has 6 heteroatoms. The maximum atomic E-state index is 12.9. The van der Waals surface area contributed by atoms with Crippen molar-refractivity contribution in [2.45, 2.75) is 57.5 Å². The summed E-state index contributed by atoms with van der Waals surface area (Å²) >= 11 is 0. The fraction of sp³-hybridized carbons (Fsp3) is 0.632. The highest BCUT2D eigenvalue weighted by Gasteiger charge is 2.30. The van der Waals surface area contributed by atoms with Crippen molar-refractivity contribution in [2.75, 3.05) is 18.8 Å². The molecule has 0 bridgehead atoms. The zero-order valence-electron chi connectivity index (χ0n) is 14.8. The SMILES string of the molecule is O=C(CCN1CCCS1(=O)=O)N(Cc1ccccc1)C1CCCCC1. The molecule has 1 amide bonds. The second-order valence-corrected chi connectivity index (χ2v) is 9.21. The van der Waals surface area contributed by atoms with E-state index in [4.69, 9.17) is 0 Å². The van der Waals surface area contributed by atoms with E-state index in [1.165, 1.54) is 23.6 Å². The zero-order valence-corrected chi connectivity index (χ0v) is 15.6. The van der Waals surface area contributed by atoms with Crippen molar-refractivity contribution in [1.82, 2.24) is 9.21 Å². The van der Waals surface area contributed by atoms with Gasteiger partial charge in [-0.25, -0.2) is 12.7 Å². The fourth-order valence-electron chi connectivity index (χ4n) is 3.90. The van der Waals surface area contributed by atoms with Crippen LogP contribution in [0.1, 0.15) is 50.5 Å². The summed E-state index contributed by atoms with van der Waals surface area (Å²) in [5.74, 6) is 0.301. The van der Waals surface area contributed by atoms with Crippen LogP contribution in [0.4, 0.5) is 0 Å². The van der Waals surface area contributed by atoms with E-state index in [0.717, 1.165) is 18.4 Å². The van der Waals surface area contributed by atoms with Gasteiger partial charge in [-0.2, -0.15) is 0 Å². The molecule has 1 aliphatic carbocycles. The number of hydrogen-bond donors (Lipinski definition) is 0. The maximum Gasteiger partial charge on any atom is 0.224 e. The van der Waals surface area contributed by atoms with Crippen LogP contribution in [0, 0.1) is 0 Å². The number of nitrogens with zero attached hydrogens (tertiary/aromatic N) is 2. The topological polar surface area (TPSA) is 57.7 Å². The molecular formula is C19H28N2O3S. The van der Waals surface area contributed by atoms with Gasteiger partial charge in [0.25, 0.3) is 0 Å². The first-order valence-electron chi connectivity index (χ1n) is 9.37. The van der Waals surface area contributed by atoms with Crippen molar-refractivity contribution in [3.63, 3.8) is 0 Å². The molecule has 0 N–H and O–H groups in total. The molecule has 138 valence electrons. The largest absolute Gasteiger partial charge is 0.335 e. The van der Waals surface area contributed by atoms with Crippen LogP contribution in [0.5, 0.6) is 0 Å². The molecule has 5 nitrogen and oxygen atoms in total. The van der Waals surface area contributed by atoms with E-state index >= 15 is 0 Å². The van der Waals surface area contributed by atoms with Gasteiger partial charge in [0.1, 0.15) is 0 Å². The van der Waals surface area contributed by atoms with Gasteiger partial charge < -0.3 is 4.90 Å². The van der Waals surface area contributed by atoms with Crippen LogP contribution in [0.3, 0.4) is 0 Å². The Morgan fingerprint density at radius 2 is 1.80 bits per heavy atom. The summed E-state index contributed by atoms with van der Waals surface area (Å²) in [6.07, 6.45) is 6.65. The molecule has 2 aliphatic rings. The number of hydrogen-bond acceptors (Lipinski definition) is 3. The molecular weight excluding hydrogens is 336 g/mol. The lowest BCUT2D eigenvalue weighted by Gasteiger charge is -2.35. The van der Waals surface area contributed by atoms with Gasteiger partial charge >= 0.3 is 0 Å². The first-order valence-corrected chi connectivity index (χ1v) is 11.0. The lowest BCUT2D eigenvalue weighted by Crippen LogP contribution is -2.42. The smallest absolute Gasteiger partial charge is 0.224 e. The Kier molecular flexibility index (Phi) is 6.12. The Balaban J connectivity index is 1.66. The first-order chi connectivity index (χ1) is 12.1.